The van der Waals surface area contributed by atoms with Crippen LogP contribution in [0.5, 0.6) is 5.75 Å². The van der Waals surface area contributed by atoms with Crippen molar-refractivity contribution < 1.29 is 13.9 Å². The Bertz CT molecular complexity index is 1290. The Morgan fingerprint density at radius 2 is 1.85 bits per heavy atom. The lowest BCUT2D eigenvalue weighted by molar-refractivity contribution is 0.102. The molecule has 1 fully saturated rings. The fraction of sp³-hybridized carbons (Fsp3) is 0.200. The first-order chi connectivity index (χ1) is 16.1. The third-order valence-corrected chi connectivity index (χ3v) is 5.52. The molecule has 0 unspecified atom stereocenters. The quantitative estimate of drug-likeness (QED) is 0.480. The van der Waals surface area contributed by atoms with E-state index in [2.05, 4.69) is 20.6 Å². The summed E-state index contributed by atoms with van der Waals surface area (Å²) in [6.45, 7) is 1.91. The van der Waals surface area contributed by atoms with E-state index < -0.39 is 5.82 Å². The molecular weight excluding hydrogens is 421 g/mol. The number of nitrogens with zero attached hydrogens (tertiary/aromatic N) is 3. The molecule has 1 aliphatic heterocycles. The maximum absolute atomic E-state index is 13.1. The lowest BCUT2D eigenvalue weighted by atomic mass is 10.1. The first kappa shape index (κ1) is 21.0. The van der Waals surface area contributed by atoms with E-state index in [1.54, 1.807) is 24.7 Å². The standard InChI is InChI=1S/C25H22FN5O2/c26-19-4-1-16(2-5-19)25(32)31-24-12-23-17(14-29-24)3-6-22(30-23)18-11-21(15-28-13-18)33-20-7-9-27-10-8-20/h1-6,11-15,20,27H,7-10H2,(H,29,31,32). The summed E-state index contributed by atoms with van der Waals surface area (Å²) < 4.78 is 19.2. The van der Waals surface area contributed by atoms with Crippen LogP contribution in [0.1, 0.15) is 23.2 Å². The van der Waals surface area contributed by atoms with Crippen LogP contribution in [-0.4, -0.2) is 40.1 Å². The molecule has 4 aromatic rings. The van der Waals surface area contributed by atoms with Crippen molar-refractivity contribution >= 4 is 22.6 Å². The van der Waals surface area contributed by atoms with Crippen molar-refractivity contribution in [2.24, 2.45) is 0 Å². The topological polar surface area (TPSA) is 89.0 Å². The number of carbonyl (C=O) groups excluding carboxylic acids is 1. The molecule has 0 spiro atoms. The Balaban J connectivity index is 1.37. The number of hydrogen-bond acceptors (Lipinski definition) is 6. The number of ether oxygens (including phenoxy) is 1. The first-order valence-electron chi connectivity index (χ1n) is 10.8. The van der Waals surface area contributed by atoms with Gasteiger partial charge >= 0.3 is 0 Å². The highest BCUT2D eigenvalue weighted by molar-refractivity contribution is 6.04. The summed E-state index contributed by atoms with van der Waals surface area (Å²) in [5.41, 5.74) is 2.61. The smallest absolute Gasteiger partial charge is 0.256 e. The van der Waals surface area contributed by atoms with E-state index in [0.717, 1.165) is 48.3 Å². The molecule has 5 rings (SSSR count). The minimum Gasteiger partial charge on any atom is -0.489 e. The number of anilines is 1. The van der Waals surface area contributed by atoms with E-state index in [1.807, 2.05) is 18.2 Å². The highest BCUT2D eigenvalue weighted by atomic mass is 19.1. The van der Waals surface area contributed by atoms with Gasteiger partial charge in [0.05, 0.1) is 17.4 Å². The number of halogens is 1. The lowest BCUT2D eigenvalue weighted by Crippen LogP contribution is -2.34. The van der Waals surface area contributed by atoms with Crippen LogP contribution in [0, 0.1) is 5.82 Å². The molecule has 0 radical (unpaired) electrons. The van der Waals surface area contributed by atoms with E-state index >= 15 is 0 Å². The van der Waals surface area contributed by atoms with Gasteiger partial charge < -0.3 is 15.4 Å². The zero-order valence-electron chi connectivity index (χ0n) is 17.8. The molecule has 8 heteroatoms. The normalized spacial score (nSPS) is 14.2. The molecule has 0 bridgehead atoms. The number of carbonyl (C=O) groups is 1. The Morgan fingerprint density at radius 3 is 2.67 bits per heavy atom. The molecule has 4 heterocycles. The molecular formula is C25H22FN5O2. The molecule has 33 heavy (non-hydrogen) atoms. The minimum atomic E-state index is -0.396. The molecule has 0 atom stereocenters. The fourth-order valence-corrected chi connectivity index (χ4v) is 3.76. The third-order valence-electron chi connectivity index (χ3n) is 5.52. The maximum Gasteiger partial charge on any atom is 0.256 e. The van der Waals surface area contributed by atoms with Crippen LogP contribution in [0.25, 0.3) is 22.2 Å². The van der Waals surface area contributed by atoms with Crippen molar-refractivity contribution in [3.8, 4) is 17.0 Å². The minimum absolute atomic E-state index is 0.186. The predicted octanol–water partition coefficient (Wildman–Crippen LogP) is 4.21. The molecule has 166 valence electrons. The van der Waals surface area contributed by atoms with E-state index in [-0.39, 0.29) is 12.0 Å². The fourth-order valence-electron chi connectivity index (χ4n) is 3.76. The molecule has 1 amide bonds. The van der Waals surface area contributed by atoms with E-state index in [9.17, 15) is 9.18 Å². The number of pyridine rings is 3. The van der Waals surface area contributed by atoms with Crippen LogP contribution in [0.3, 0.4) is 0 Å². The number of amides is 1. The average molecular weight is 443 g/mol. The van der Waals surface area contributed by atoms with Crippen molar-refractivity contribution in [1.82, 2.24) is 20.3 Å². The van der Waals surface area contributed by atoms with Gasteiger partial charge in [0.2, 0.25) is 0 Å². The molecule has 7 nitrogen and oxygen atoms in total. The maximum atomic E-state index is 13.1. The number of aromatic nitrogens is 3. The number of nitrogens with one attached hydrogen (secondary N) is 2. The zero-order chi connectivity index (χ0) is 22.6. The van der Waals surface area contributed by atoms with Gasteiger partial charge in [-0.15, -0.1) is 0 Å². The molecule has 1 aliphatic rings. The zero-order valence-corrected chi connectivity index (χ0v) is 17.8. The summed E-state index contributed by atoms with van der Waals surface area (Å²) in [6.07, 6.45) is 7.25. The van der Waals surface area contributed by atoms with Gasteiger partial charge in [-0.3, -0.25) is 9.78 Å². The average Bonchev–Trinajstić information content (AvgIpc) is 2.85. The molecule has 1 saturated heterocycles. The van der Waals surface area contributed by atoms with Gasteiger partial charge in [0.1, 0.15) is 23.5 Å². The largest absolute Gasteiger partial charge is 0.489 e. The van der Waals surface area contributed by atoms with Gasteiger partial charge in [0.15, 0.2) is 0 Å². The number of hydrogen-bond donors (Lipinski definition) is 2. The van der Waals surface area contributed by atoms with Crippen LogP contribution in [-0.2, 0) is 0 Å². The van der Waals surface area contributed by atoms with Crippen molar-refractivity contribution in [2.75, 3.05) is 18.4 Å². The molecule has 0 saturated carbocycles. The number of rotatable bonds is 5. The van der Waals surface area contributed by atoms with Crippen molar-refractivity contribution in [1.29, 1.82) is 0 Å². The Kier molecular flexibility index (Phi) is 5.91. The molecule has 2 N–H and O–H groups in total. The number of benzene rings is 1. The second kappa shape index (κ2) is 9.30. The van der Waals surface area contributed by atoms with Crippen molar-refractivity contribution in [3.05, 3.63) is 78.5 Å². The van der Waals surface area contributed by atoms with Crippen LogP contribution in [0.15, 0.2) is 67.1 Å². The highest BCUT2D eigenvalue weighted by Crippen LogP contribution is 2.25. The summed E-state index contributed by atoms with van der Waals surface area (Å²) in [7, 11) is 0. The van der Waals surface area contributed by atoms with Crippen LogP contribution in [0.2, 0.25) is 0 Å². The second-order valence-corrected chi connectivity index (χ2v) is 7.90. The summed E-state index contributed by atoms with van der Waals surface area (Å²) in [4.78, 5) is 25.8. The summed E-state index contributed by atoms with van der Waals surface area (Å²) in [5.74, 6) is 0.322. The summed E-state index contributed by atoms with van der Waals surface area (Å²) in [5, 5.41) is 6.91. The highest BCUT2D eigenvalue weighted by Gasteiger charge is 2.15. The van der Waals surface area contributed by atoms with Gasteiger partial charge in [-0.25, -0.2) is 14.4 Å². The van der Waals surface area contributed by atoms with Crippen LogP contribution < -0.4 is 15.4 Å². The van der Waals surface area contributed by atoms with E-state index in [4.69, 9.17) is 9.72 Å². The number of fused-ring (bicyclic) bond motifs is 1. The molecule has 3 aromatic heterocycles. The van der Waals surface area contributed by atoms with E-state index in [1.165, 1.54) is 24.3 Å². The molecule has 0 aliphatic carbocycles. The van der Waals surface area contributed by atoms with Gasteiger partial charge in [-0.1, -0.05) is 0 Å². The van der Waals surface area contributed by atoms with Crippen LogP contribution in [0.4, 0.5) is 10.2 Å². The summed E-state index contributed by atoms with van der Waals surface area (Å²) in [6, 6.07) is 12.8. The summed E-state index contributed by atoms with van der Waals surface area (Å²) >= 11 is 0. The molecule has 1 aromatic carbocycles. The monoisotopic (exact) mass is 443 g/mol. The van der Waals surface area contributed by atoms with Gasteiger partial charge in [0, 0.05) is 35.0 Å². The van der Waals surface area contributed by atoms with Gasteiger partial charge in [-0.05, 0) is 68.4 Å². The first-order valence-corrected chi connectivity index (χ1v) is 10.8. The van der Waals surface area contributed by atoms with E-state index in [0.29, 0.717) is 16.9 Å². The Hall–Kier alpha value is -3.91. The van der Waals surface area contributed by atoms with Gasteiger partial charge in [0.25, 0.3) is 5.91 Å². The second-order valence-electron chi connectivity index (χ2n) is 7.90. The van der Waals surface area contributed by atoms with Crippen molar-refractivity contribution in [3.63, 3.8) is 0 Å². The van der Waals surface area contributed by atoms with Gasteiger partial charge in [-0.2, -0.15) is 0 Å². The predicted molar refractivity (Wildman–Crippen MR) is 124 cm³/mol. The lowest BCUT2D eigenvalue weighted by Gasteiger charge is -2.23. The SMILES string of the molecule is O=C(Nc1cc2nc(-c3cncc(OC4CCNCC4)c3)ccc2cn1)c1ccc(F)cc1. The Labute approximate surface area is 190 Å². The number of piperidine rings is 1. The Morgan fingerprint density at radius 1 is 1.03 bits per heavy atom. The van der Waals surface area contributed by atoms with Crippen LogP contribution >= 0.6 is 0 Å². The van der Waals surface area contributed by atoms with Crippen molar-refractivity contribution in [2.45, 2.75) is 18.9 Å². The third kappa shape index (κ3) is 4.96.